The second kappa shape index (κ2) is 8.43. The van der Waals surface area contributed by atoms with Gasteiger partial charge in [-0.3, -0.25) is 4.21 Å². The first-order valence-electron chi connectivity index (χ1n) is 13.3. The molecule has 190 valence electrons. The molecule has 3 fully saturated rings. The molecule has 5 aliphatic rings. The van der Waals surface area contributed by atoms with Gasteiger partial charge < -0.3 is 20.0 Å². The summed E-state index contributed by atoms with van der Waals surface area (Å²) in [7, 11) is 0.521. The number of oxime groups is 1. The van der Waals surface area contributed by atoms with Crippen LogP contribution in [0.4, 0.5) is 17.5 Å². The average Bonchev–Trinajstić information content (AvgIpc) is 3.50. The molecule has 2 aliphatic carbocycles. The number of hydrogen-bond acceptors (Lipinski definition) is 8. The van der Waals surface area contributed by atoms with Crippen LogP contribution in [0.15, 0.2) is 28.3 Å². The summed E-state index contributed by atoms with van der Waals surface area (Å²) in [6, 6.07) is 7.04. The summed E-state index contributed by atoms with van der Waals surface area (Å²) < 4.78 is 12.9. The van der Waals surface area contributed by atoms with Gasteiger partial charge in [0, 0.05) is 55.9 Å². The van der Waals surface area contributed by atoms with E-state index in [1.165, 1.54) is 29.7 Å². The van der Waals surface area contributed by atoms with Gasteiger partial charge in [0.1, 0.15) is 17.8 Å². The van der Waals surface area contributed by atoms with Gasteiger partial charge in [-0.15, -0.1) is 0 Å². The summed E-state index contributed by atoms with van der Waals surface area (Å²) in [5.74, 6) is 3.38. The number of anilines is 3. The van der Waals surface area contributed by atoms with Crippen molar-refractivity contribution < 1.29 is 9.05 Å². The van der Waals surface area contributed by atoms with E-state index in [-0.39, 0.29) is 5.54 Å². The molecule has 0 amide bonds. The minimum atomic E-state index is -1.06. The van der Waals surface area contributed by atoms with Crippen LogP contribution in [0.2, 0.25) is 0 Å². The van der Waals surface area contributed by atoms with Crippen LogP contribution in [0.5, 0.6) is 0 Å². The van der Waals surface area contributed by atoms with Crippen LogP contribution >= 0.6 is 0 Å². The van der Waals surface area contributed by atoms with E-state index in [1.54, 1.807) is 7.11 Å². The number of nitrogens with zero attached hydrogens (tertiary/aromatic N) is 5. The minimum Gasteiger partial charge on any atom is -0.399 e. The van der Waals surface area contributed by atoms with Crippen molar-refractivity contribution in [1.82, 2.24) is 9.97 Å². The van der Waals surface area contributed by atoms with Gasteiger partial charge in [-0.05, 0) is 62.3 Å². The van der Waals surface area contributed by atoms with Crippen molar-refractivity contribution in [3.8, 4) is 0 Å². The Morgan fingerprint density at radius 2 is 1.83 bits per heavy atom. The molecule has 1 saturated carbocycles. The van der Waals surface area contributed by atoms with Gasteiger partial charge in [0.2, 0.25) is 5.95 Å². The zero-order valence-corrected chi connectivity index (χ0v) is 21.9. The summed E-state index contributed by atoms with van der Waals surface area (Å²) >= 11 is 0. The molecule has 36 heavy (non-hydrogen) atoms. The summed E-state index contributed by atoms with van der Waals surface area (Å²) in [5.41, 5.74) is 6.02. The Morgan fingerprint density at radius 1 is 1.08 bits per heavy atom. The number of aryl methyl sites for hydroxylation is 3. The van der Waals surface area contributed by atoms with Crippen molar-refractivity contribution in [3.05, 3.63) is 35.0 Å². The first-order valence-corrected chi connectivity index (χ1v) is 14.6. The van der Waals surface area contributed by atoms with Crippen molar-refractivity contribution in [2.45, 2.75) is 55.9 Å². The predicted molar refractivity (Wildman–Crippen MR) is 143 cm³/mol. The maximum Gasteiger partial charge on any atom is 0.227 e. The Morgan fingerprint density at radius 3 is 2.47 bits per heavy atom. The fraction of sp³-hybridized carbons (Fsp3) is 0.593. The third kappa shape index (κ3) is 3.53. The summed E-state index contributed by atoms with van der Waals surface area (Å²) in [6.45, 7) is 6.14. The van der Waals surface area contributed by atoms with E-state index in [0.717, 1.165) is 79.9 Å². The molecule has 1 aromatic heterocycles. The summed E-state index contributed by atoms with van der Waals surface area (Å²) in [5, 5.41) is 7.91. The molecule has 7 rings (SSSR count). The highest BCUT2D eigenvalue weighted by Gasteiger charge is 2.44. The van der Waals surface area contributed by atoms with Gasteiger partial charge in [-0.25, -0.2) is 4.98 Å². The monoisotopic (exact) mass is 506 g/mol. The average molecular weight is 507 g/mol. The Bertz CT molecular complexity index is 1260. The van der Waals surface area contributed by atoms with Gasteiger partial charge in [0.15, 0.2) is 0 Å². The standard InChI is InChI=1S/C27H34N6O2S/c1-17(31-35-2)27(9-3-10-27)30-25-24-23(8-11-36(24)34)28-26(29-25)33-15-20-13-32(14-21(20)16-33)22-7-6-18-4-5-19(18)12-22/h6-7,12,20-21H,3-5,8-11,13-16H2,1-2H3,(H,28,29,30)/b31-17+/t20?,21?,36-/m0/s1. The third-order valence-electron chi connectivity index (χ3n) is 9.15. The fourth-order valence-corrected chi connectivity index (χ4v) is 8.02. The lowest BCUT2D eigenvalue weighted by Crippen LogP contribution is -2.51. The van der Waals surface area contributed by atoms with Crippen LogP contribution in [-0.4, -0.2) is 64.5 Å². The van der Waals surface area contributed by atoms with Crippen molar-refractivity contribution in [2.75, 3.05) is 54.2 Å². The molecule has 2 aromatic rings. The van der Waals surface area contributed by atoms with E-state index >= 15 is 0 Å². The van der Waals surface area contributed by atoms with E-state index in [1.807, 2.05) is 6.92 Å². The first kappa shape index (κ1) is 22.5. The SMILES string of the molecule is CO/N=C(\C)C1(Nc2nc(N3CC4CN(c5ccc6c(c5)CC6)CC4C3)nc3c2[S@@](=O)CC3)CCC1. The Kier molecular flexibility index (Phi) is 5.27. The highest BCUT2D eigenvalue weighted by molar-refractivity contribution is 7.85. The predicted octanol–water partition coefficient (Wildman–Crippen LogP) is 3.17. The number of rotatable bonds is 6. The Balaban J connectivity index is 1.12. The van der Waals surface area contributed by atoms with E-state index in [9.17, 15) is 4.21 Å². The molecular weight excluding hydrogens is 472 g/mol. The highest BCUT2D eigenvalue weighted by atomic mass is 32.2. The molecule has 3 aliphatic heterocycles. The fourth-order valence-electron chi connectivity index (χ4n) is 6.71. The normalized spacial score (nSPS) is 27.7. The number of fused-ring (bicyclic) bond motifs is 3. The molecule has 0 bridgehead atoms. The van der Waals surface area contributed by atoms with Crippen LogP contribution in [-0.2, 0) is 34.9 Å². The summed E-state index contributed by atoms with van der Waals surface area (Å²) in [6.07, 6.45) is 6.28. The topological polar surface area (TPSA) is 82.9 Å². The van der Waals surface area contributed by atoms with Crippen molar-refractivity contribution in [3.63, 3.8) is 0 Å². The van der Waals surface area contributed by atoms with Crippen LogP contribution < -0.4 is 15.1 Å². The Labute approximate surface area is 215 Å². The molecule has 1 N–H and O–H groups in total. The van der Waals surface area contributed by atoms with Crippen molar-refractivity contribution in [2.24, 2.45) is 17.0 Å². The van der Waals surface area contributed by atoms with Crippen LogP contribution in [0.25, 0.3) is 0 Å². The number of hydrogen-bond donors (Lipinski definition) is 1. The number of benzene rings is 1. The number of aromatic nitrogens is 2. The third-order valence-corrected chi connectivity index (χ3v) is 10.6. The van der Waals surface area contributed by atoms with Gasteiger partial charge in [-0.2, -0.15) is 4.98 Å². The molecule has 4 heterocycles. The maximum atomic E-state index is 12.9. The second-order valence-corrected chi connectivity index (χ2v) is 12.7. The highest BCUT2D eigenvalue weighted by Crippen LogP contribution is 2.41. The van der Waals surface area contributed by atoms with Crippen LogP contribution in [0.3, 0.4) is 0 Å². The van der Waals surface area contributed by atoms with Gasteiger partial charge >= 0.3 is 0 Å². The van der Waals surface area contributed by atoms with Crippen molar-refractivity contribution in [1.29, 1.82) is 0 Å². The molecule has 8 nitrogen and oxygen atoms in total. The minimum absolute atomic E-state index is 0.277. The lowest BCUT2D eigenvalue weighted by Gasteiger charge is -2.42. The van der Waals surface area contributed by atoms with Crippen LogP contribution in [0.1, 0.15) is 43.0 Å². The van der Waals surface area contributed by atoms with E-state index in [0.29, 0.717) is 17.6 Å². The van der Waals surface area contributed by atoms with Gasteiger partial charge in [0.25, 0.3) is 0 Å². The van der Waals surface area contributed by atoms with Crippen molar-refractivity contribution >= 4 is 34.0 Å². The van der Waals surface area contributed by atoms with E-state index in [2.05, 4.69) is 38.5 Å². The van der Waals surface area contributed by atoms with Gasteiger partial charge in [-0.1, -0.05) is 11.2 Å². The zero-order valence-electron chi connectivity index (χ0n) is 21.1. The number of nitrogens with one attached hydrogen (secondary N) is 1. The zero-order chi connectivity index (χ0) is 24.4. The second-order valence-electron chi connectivity index (χ2n) is 11.2. The van der Waals surface area contributed by atoms with Crippen LogP contribution in [0, 0.1) is 11.8 Å². The first-order chi connectivity index (χ1) is 17.5. The smallest absolute Gasteiger partial charge is 0.227 e. The molecule has 0 radical (unpaired) electrons. The Hall–Kier alpha value is -2.68. The molecule has 1 aromatic carbocycles. The van der Waals surface area contributed by atoms with Gasteiger partial charge in [0.05, 0.1) is 27.7 Å². The lowest BCUT2D eigenvalue weighted by atomic mass is 9.73. The molecule has 2 unspecified atom stereocenters. The maximum absolute atomic E-state index is 12.9. The molecule has 2 saturated heterocycles. The largest absolute Gasteiger partial charge is 0.399 e. The molecular formula is C27H34N6O2S. The van der Waals surface area contributed by atoms with E-state index in [4.69, 9.17) is 14.8 Å². The molecule has 9 heteroatoms. The van der Waals surface area contributed by atoms with E-state index < -0.39 is 10.8 Å². The lowest BCUT2D eigenvalue weighted by molar-refractivity contribution is 0.206. The molecule has 0 spiro atoms. The summed E-state index contributed by atoms with van der Waals surface area (Å²) in [4.78, 5) is 20.8. The molecule has 3 atom stereocenters. The quantitative estimate of drug-likeness (QED) is 0.476.